The van der Waals surface area contributed by atoms with Crippen LogP contribution >= 0.6 is 0 Å². The van der Waals surface area contributed by atoms with Crippen molar-refractivity contribution < 1.29 is 14.2 Å². The van der Waals surface area contributed by atoms with Crippen molar-refractivity contribution in [3.8, 4) is 11.5 Å². The van der Waals surface area contributed by atoms with Gasteiger partial charge in [0.25, 0.3) is 0 Å². The highest BCUT2D eigenvalue weighted by molar-refractivity contribution is 5.49. The first-order valence-electron chi connectivity index (χ1n) is 5.92. The van der Waals surface area contributed by atoms with E-state index in [9.17, 15) is 9.50 Å². The second kappa shape index (κ2) is 5.61. The zero-order valence-electron chi connectivity index (χ0n) is 10.9. The van der Waals surface area contributed by atoms with Gasteiger partial charge in [0.2, 0.25) is 0 Å². The third kappa shape index (κ3) is 3.37. The quantitative estimate of drug-likeness (QED) is 0.917. The van der Waals surface area contributed by atoms with Crippen LogP contribution in [-0.4, -0.2) is 19.3 Å². The Balaban J connectivity index is 2.13. The molecule has 0 fully saturated rings. The molecule has 0 atom stereocenters. The second-order valence-corrected chi connectivity index (χ2v) is 4.37. The number of nitrogens with zero attached hydrogens (tertiary/aromatic N) is 1. The zero-order chi connectivity index (χ0) is 13.8. The molecule has 0 aliphatic heterocycles. The molecule has 0 unspecified atom stereocenters. The van der Waals surface area contributed by atoms with Crippen molar-refractivity contribution in [1.82, 2.24) is 0 Å². The van der Waals surface area contributed by atoms with Gasteiger partial charge in [0.15, 0.2) is 0 Å². The fraction of sp³-hybridized carbons (Fsp3) is 0.200. The summed E-state index contributed by atoms with van der Waals surface area (Å²) in [5.74, 6) is 0.303. The zero-order valence-corrected chi connectivity index (χ0v) is 10.9. The fourth-order valence-electron chi connectivity index (χ4n) is 1.93. The van der Waals surface area contributed by atoms with Crippen molar-refractivity contribution in [3.63, 3.8) is 0 Å². The van der Waals surface area contributed by atoms with Crippen LogP contribution in [0.15, 0.2) is 42.5 Å². The van der Waals surface area contributed by atoms with E-state index in [4.69, 9.17) is 4.74 Å². The molecule has 0 aliphatic rings. The van der Waals surface area contributed by atoms with E-state index >= 15 is 0 Å². The van der Waals surface area contributed by atoms with E-state index in [1.54, 1.807) is 13.2 Å². The molecule has 0 bridgehead atoms. The molecule has 1 N–H and O–H groups in total. The van der Waals surface area contributed by atoms with E-state index in [2.05, 4.69) is 0 Å². The normalized spacial score (nSPS) is 10.3. The van der Waals surface area contributed by atoms with Crippen molar-refractivity contribution >= 4 is 5.69 Å². The third-order valence-corrected chi connectivity index (χ3v) is 2.88. The van der Waals surface area contributed by atoms with Gasteiger partial charge < -0.3 is 14.7 Å². The van der Waals surface area contributed by atoms with Crippen LogP contribution in [0.25, 0.3) is 0 Å². The summed E-state index contributed by atoms with van der Waals surface area (Å²) >= 11 is 0. The highest BCUT2D eigenvalue weighted by Gasteiger charge is 2.05. The Morgan fingerprint density at radius 3 is 2.42 bits per heavy atom. The smallest absolute Gasteiger partial charge is 0.127 e. The number of hydrogen-bond acceptors (Lipinski definition) is 3. The Hall–Kier alpha value is -2.23. The first-order chi connectivity index (χ1) is 9.08. The van der Waals surface area contributed by atoms with E-state index in [0.29, 0.717) is 6.54 Å². The average Bonchev–Trinajstić information content (AvgIpc) is 2.37. The molecular formula is C15H16FNO2. The van der Waals surface area contributed by atoms with Crippen LogP contribution in [0, 0.1) is 5.82 Å². The molecular weight excluding hydrogens is 245 g/mol. The first-order valence-corrected chi connectivity index (χ1v) is 5.92. The summed E-state index contributed by atoms with van der Waals surface area (Å²) in [6.45, 7) is 0.512. The van der Waals surface area contributed by atoms with E-state index in [1.807, 2.05) is 36.2 Å². The minimum absolute atomic E-state index is 0.0573. The predicted molar refractivity (Wildman–Crippen MR) is 73.2 cm³/mol. The van der Waals surface area contributed by atoms with Crippen LogP contribution in [0.5, 0.6) is 11.5 Å². The molecule has 0 aromatic heterocycles. The number of methoxy groups -OCH3 is 1. The van der Waals surface area contributed by atoms with Gasteiger partial charge in [0.1, 0.15) is 17.3 Å². The number of benzene rings is 2. The summed E-state index contributed by atoms with van der Waals surface area (Å²) in [5.41, 5.74) is 1.71. The Morgan fingerprint density at radius 2 is 1.84 bits per heavy atom. The minimum Gasteiger partial charge on any atom is -0.508 e. The number of hydrogen-bond donors (Lipinski definition) is 1. The van der Waals surface area contributed by atoms with Gasteiger partial charge in [0.05, 0.1) is 7.11 Å². The van der Waals surface area contributed by atoms with Crippen LogP contribution in [0.3, 0.4) is 0 Å². The van der Waals surface area contributed by atoms with Gasteiger partial charge in [-0.15, -0.1) is 0 Å². The van der Waals surface area contributed by atoms with Crippen LogP contribution < -0.4 is 9.64 Å². The molecule has 2 rings (SSSR count). The molecule has 0 heterocycles. The van der Waals surface area contributed by atoms with Gasteiger partial charge in [-0.3, -0.25) is 0 Å². The second-order valence-electron chi connectivity index (χ2n) is 4.37. The van der Waals surface area contributed by atoms with Crippen molar-refractivity contribution in [2.75, 3.05) is 19.1 Å². The van der Waals surface area contributed by atoms with Crippen molar-refractivity contribution in [2.24, 2.45) is 0 Å². The van der Waals surface area contributed by atoms with Gasteiger partial charge in [-0.05, 0) is 42.0 Å². The SMILES string of the molecule is COc1ccc(N(C)Cc2cc(O)cc(F)c2)cc1. The number of anilines is 1. The van der Waals surface area contributed by atoms with Crippen molar-refractivity contribution in [1.29, 1.82) is 0 Å². The summed E-state index contributed by atoms with van der Waals surface area (Å²) in [5, 5.41) is 9.37. The Labute approximate surface area is 111 Å². The molecule has 0 saturated carbocycles. The monoisotopic (exact) mass is 261 g/mol. The maximum atomic E-state index is 13.2. The topological polar surface area (TPSA) is 32.7 Å². The predicted octanol–water partition coefficient (Wildman–Crippen LogP) is 3.18. The summed E-state index contributed by atoms with van der Waals surface area (Å²) in [6, 6.07) is 11.7. The van der Waals surface area contributed by atoms with Crippen molar-refractivity contribution in [3.05, 3.63) is 53.8 Å². The average molecular weight is 261 g/mol. The molecule has 0 saturated heterocycles. The summed E-state index contributed by atoms with van der Waals surface area (Å²) in [4.78, 5) is 1.97. The molecule has 0 aliphatic carbocycles. The number of rotatable bonds is 4. The lowest BCUT2D eigenvalue weighted by Gasteiger charge is -2.19. The summed E-state index contributed by atoms with van der Waals surface area (Å²) in [6.07, 6.45) is 0. The Morgan fingerprint density at radius 1 is 1.16 bits per heavy atom. The lowest BCUT2D eigenvalue weighted by molar-refractivity contribution is 0.415. The van der Waals surface area contributed by atoms with E-state index in [1.165, 1.54) is 6.07 Å². The first kappa shape index (κ1) is 13.2. The van der Waals surface area contributed by atoms with Crippen molar-refractivity contribution in [2.45, 2.75) is 6.54 Å². The molecule has 100 valence electrons. The Kier molecular flexibility index (Phi) is 3.90. The van der Waals surface area contributed by atoms with Crippen LogP contribution in [0.2, 0.25) is 0 Å². The molecule has 0 amide bonds. The number of phenols is 1. The molecule has 0 spiro atoms. The highest BCUT2D eigenvalue weighted by Crippen LogP contribution is 2.21. The molecule has 4 heteroatoms. The number of phenolic OH excluding ortho intramolecular Hbond substituents is 1. The van der Waals surface area contributed by atoms with Gasteiger partial charge in [0, 0.05) is 25.3 Å². The minimum atomic E-state index is -0.432. The van der Waals surface area contributed by atoms with Crippen LogP contribution in [0.4, 0.5) is 10.1 Å². The lowest BCUT2D eigenvalue weighted by Crippen LogP contribution is -2.16. The molecule has 2 aromatic carbocycles. The number of halogens is 1. The van der Waals surface area contributed by atoms with E-state index in [0.717, 1.165) is 23.1 Å². The molecule has 3 nitrogen and oxygen atoms in total. The lowest BCUT2D eigenvalue weighted by atomic mass is 10.2. The fourth-order valence-corrected chi connectivity index (χ4v) is 1.93. The maximum absolute atomic E-state index is 13.2. The van der Waals surface area contributed by atoms with Crippen LogP contribution in [-0.2, 0) is 6.54 Å². The van der Waals surface area contributed by atoms with Gasteiger partial charge >= 0.3 is 0 Å². The third-order valence-electron chi connectivity index (χ3n) is 2.88. The summed E-state index contributed by atoms with van der Waals surface area (Å²) in [7, 11) is 3.53. The largest absolute Gasteiger partial charge is 0.508 e. The van der Waals surface area contributed by atoms with Crippen LogP contribution in [0.1, 0.15) is 5.56 Å². The Bertz CT molecular complexity index is 534. The molecule has 2 aromatic rings. The van der Waals surface area contributed by atoms with Gasteiger partial charge in [-0.25, -0.2) is 4.39 Å². The molecule has 19 heavy (non-hydrogen) atoms. The number of aromatic hydroxyl groups is 1. The summed E-state index contributed by atoms with van der Waals surface area (Å²) < 4.78 is 18.3. The maximum Gasteiger partial charge on any atom is 0.127 e. The van der Waals surface area contributed by atoms with E-state index < -0.39 is 5.82 Å². The van der Waals surface area contributed by atoms with E-state index in [-0.39, 0.29) is 5.75 Å². The standard InChI is InChI=1S/C15H16FNO2/c1-17(13-3-5-15(19-2)6-4-13)10-11-7-12(16)9-14(18)8-11/h3-9,18H,10H2,1-2H3. The molecule has 0 radical (unpaired) electrons. The number of ether oxygens (including phenoxy) is 1. The highest BCUT2D eigenvalue weighted by atomic mass is 19.1. The van der Waals surface area contributed by atoms with Gasteiger partial charge in [-0.2, -0.15) is 0 Å². The van der Waals surface area contributed by atoms with Gasteiger partial charge in [-0.1, -0.05) is 0 Å².